The third kappa shape index (κ3) is 3.12. The Hall–Kier alpha value is -1.37. The van der Waals surface area contributed by atoms with Crippen LogP contribution >= 0.6 is 0 Å². The Kier molecular flexibility index (Phi) is 5.08. The van der Waals surface area contributed by atoms with Gasteiger partial charge < -0.3 is 4.74 Å². The van der Waals surface area contributed by atoms with Gasteiger partial charge in [-0.25, -0.2) is 4.39 Å². The standard InChI is InChI=1S/C7F13O/c8-1(9)2(10)21-7(19,20)5(15,6(16,17)18)4(13,14)3(11)12. The zero-order valence-electron chi connectivity index (χ0n) is 8.82. The molecule has 0 N–H and O–H groups in total. The fraction of sp³-hybridized carbons (Fsp3) is 0.571. The van der Waals surface area contributed by atoms with Crippen LogP contribution in [0.4, 0.5) is 57.1 Å². The van der Waals surface area contributed by atoms with E-state index in [0.29, 0.717) is 0 Å². The molecule has 0 spiro atoms. The minimum Gasteiger partial charge on any atom is -0.399 e. The highest BCUT2D eigenvalue weighted by molar-refractivity contribution is 5.12. The van der Waals surface area contributed by atoms with Crippen molar-refractivity contribution in [2.45, 2.75) is 23.9 Å². The first kappa shape index (κ1) is 19.6. The van der Waals surface area contributed by atoms with Crippen molar-refractivity contribution in [3.05, 3.63) is 18.5 Å². The average molecular weight is 347 g/mol. The van der Waals surface area contributed by atoms with Crippen LogP contribution in [0.1, 0.15) is 0 Å². The van der Waals surface area contributed by atoms with E-state index in [4.69, 9.17) is 0 Å². The highest BCUT2D eigenvalue weighted by Gasteiger charge is 2.88. The summed E-state index contributed by atoms with van der Waals surface area (Å²) in [6, 6.07) is -3.86. The van der Waals surface area contributed by atoms with E-state index in [1.807, 2.05) is 4.74 Å². The Bertz CT molecular complexity index is 405. The molecule has 0 rings (SSSR count). The SMILES string of the molecule is F[C](F)C(F)(F)C(F)(C(F)(F)F)C(F)(F)OC(F)=C(F)F. The maximum Gasteiger partial charge on any atom is 0.450 e. The summed E-state index contributed by atoms with van der Waals surface area (Å²) in [5.74, 6) is -7.22. The molecular formula is C7F13O. The van der Waals surface area contributed by atoms with Gasteiger partial charge in [-0.05, 0) is 0 Å². The lowest BCUT2D eigenvalue weighted by molar-refractivity contribution is -0.426. The first-order chi connectivity index (χ1) is 9.02. The predicted molar refractivity (Wildman–Crippen MR) is 36.7 cm³/mol. The molecule has 0 saturated heterocycles. The van der Waals surface area contributed by atoms with Crippen LogP contribution < -0.4 is 0 Å². The summed E-state index contributed by atoms with van der Waals surface area (Å²) >= 11 is 0. The van der Waals surface area contributed by atoms with Gasteiger partial charge in [-0.1, -0.05) is 0 Å². The minimum absolute atomic E-state index is 1.84. The van der Waals surface area contributed by atoms with Crippen molar-refractivity contribution in [3.8, 4) is 0 Å². The maximum absolute atomic E-state index is 13.0. The number of halogens is 13. The molecule has 0 amide bonds. The van der Waals surface area contributed by atoms with Crippen molar-refractivity contribution in [2.75, 3.05) is 0 Å². The molecule has 0 bridgehead atoms. The van der Waals surface area contributed by atoms with E-state index in [-0.39, 0.29) is 0 Å². The number of hydrogen-bond acceptors (Lipinski definition) is 1. The Morgan fingerprint density at radius 1 is 0.667 bits per heavy atom. The molecule has 1 atom stereocenters. The highest BCUT2D eigenvalue weighted by atomic mass is 19.4. The summed E-state index contributed by atoms with van der Waals surface area (Å²) in [6.07, 6.45) is -23.2. The molecule has 1 radical (unpaired) electrons. The van der Waals surface area contributed by atoms with Crippen LogP contribution in [0, 0.1) is 6.43 Å². The smallest absolute Gasteiger partial charge is 0.399 e. The fourth-order valence-electron chi connectivity index (χ4n) is 0.877. The molecule has 0 fully saturated rings. The second-order valence-corrected chi connectivity index (χ2v) is 3.14. The van der Waals surface area contributed by atoms with Gasteiger partial charge in [0.1, 0.15) is 0 Å². The second-order valence-electron chi connectivity index (χ2n) is 3.14. The maximum atomic E-state index is 13.0. The Labute approximate surface area is 106 Å². The van der Waals surface area contributed by atoms with Crippen molar-refractivity contribution < 1.29 is 61.8 Å². The molecule has 0 aromatic heterocycles. The molecule has 0 aromatic rings. The van der Waals surface area contributed by atoms with Gasteiger partial charge in [-0.15, -0.1) is 0 Å². The lowest BCUT2D eigenvalue weighted by Gasteiger charge is -2.37. The second kappa shape index (κ2) is 5.44. The zero-order chi connectivity index (χ0) is 17.4. The van der Waals surface area contributed by atoms with Crippen LogP contribution in [0.5, 0.6) is 0 Å². The molecular weight excluding hydrogens is 347 g/mol. The number of hydrogen-bond donors (Lipinski definition) is 0. The highest BCUT2D eigenvalue weighted by Crippen LogP contribution is 2.58. The van der Waals surface area contributed by atoms with Crippen LogP contribution in [0.3, 0.4) is 0 Å². The molecule has 0 aliphatic heterocycles. The van der Waals surface area contributed by atoms with Gasteiger partial charge in [0.05, 0.1) is 0 Å². The van der Waals surface area contributed by atoms with Crippen LogP contribution in [0.2, 0.25) is 0 Å². The first-order valence-corrected chi connectivity index (χ1v) is 4.12. The molecule has 0 aromatic carbocycles. The summed E-state index contributed by atoms with van der Waals surface area (Å²) in [7, 11) is 0. The lowest BCUT2D eigenvalue weighted by Crippen LogP contribution is -2.67. The van der Waals surface area contributed by atoms with Crippen LogP contribution in [-0.4, -0.2) is 23.9 Å². The van der Waals surface area contributed by atoms with Gasteiger partial charge in [0.2, 0.25) is 0 Å². The van der Waals surface area contributed by atoms with Crippen molar-refractivity contribution in [2.24, 2.45) is 0 Å². The largest absolute Gasteiger partial charge is 0.450 e. The van der Waals surface area contributed by atoms with Crippen LogP contribution in [0.15, 0.2) is 12.1 Å². The van der Waals surface area contributed by atoms with E-state index in [2.05, 4.69) is 0 Å². The van der Waals surface area contributed by atoms with E-state index in [0.717, 1.165) is 0 Å². The van der Waals surface area contributed by atoms with E-state index >= 15 is 0 Å². The lowest BCUT2D eigenvalue weighted by atomic mass is 9.95. The van der Waals surface area contributed by atoms with Crippen molar-refractivity contribution in [3.63, 3.8) is 0 Å². The third-order valence-electron chi connectivity index (χ3n) is 1.83. The van der Waals surface area contributed by atoms with Crippen molar-refractivity contribution >= 4 is 0 Å². The van der Waals surface area contributed by atoms with Crippen molar-refractivity contribution in [1.29, 1.82) is 0 Å². The molecule has 1 unspecified atom stereocenters. The van der Waals surface area contributed by atoms with Gasteiger partial charge in [-0.3, -0.25) is 0 Å². The topological polar surface area (TPSA) is 9.23 Å². The average Bonchev–Trinajstić information content (AvgIpc) is 2.24. The molecule has 1 nitrogen and oxygen atoms in total. The Morgan fingerprint density at radius 3 is 1.29 bits per heavy atom. The predicted octanol–water partition coefficient (Wildman–Crippen LogP) is 4.97. The van der Waals surface area contributed by atoms with Gasteiger partial charge >= 0.3 is 42.4 Å². The first-order valence-electron chi connectivity index (χ1n) is 4.12. The van der Waals surface area contributed by atoms with Gasteiger partial charge in [-0.2, -0.15) is 52.7 Å². The van der Waals surface area contributed by atoms with Gasteiger partial charge in [0, 0.05) is 0 Å². The summed E-state index contributed by atoms with van der Waals surface area (Å²) in [4.78, 5) is 0. The quantitative estimate of drug-likeness (QED) is 0.504. The normalized spacial score (nSPS) is 16.7. The summed E-state index contributed by atoms with van der Waals surface area (Å²) in [6.45, 7) is 0. The number of ether oxygens (including phenoxy) is 1. The summed E-state index contributed by atoms with van der Waals surface area (Å²) < 4.78 is 159. The van der Waals surface area contributed by atoms with E-state index in [9.17, 15) is 57.1 Å². The van der Waals surface area contributed by atoms with Crippen molar-refractivity contribution in [1.82, 2.24) is 0 Å². The molecule has 21 heavy (non-hydrogen) atoms. The fourth-order valence-corrected chi connectivity index (χ4v) is 0.877. The molecule has 0 heterocycles. The summed E-state index contributed by atoms with van der Waals surface area (Å²) in [5.41, 5.74) is -7.52. The molecule has 0 aliphatic carbocycles. The van der Waals surface area contributed by atoms with Gasteiger partial charge in [0.15, 0.2) is 0 Å². The minimum atomic E-state index is -7.52. The Balaban J connectivity index is 6.14. The third-order valence-corrected chi connectivity index (χ3v) is 1.83. The van der Waals surface area contributed by atoms with Crippen LogP contribution in [-0.2, 0) is 4.74 Å². The molecule has 14 heteroatoms. The van der Waals surface area contributed by atoms with E-state index < -0.39 is 42.4 Å². The van der Waals surface area contributed by atoms with Crippen LogP contribution in [0.25, 0.3) is 0 Å². The van der Waals surface area contributed by atoms with E-state index in [1.54, 1.807) is 0 Å². The monoisotopic (exact) mass is 347 g/mol. The van der Waals surface area contributed by atoms with E-state index in [1.165, 1.54) is 0 Å². The number of alkyl halides is 8. The number of rotatable bonds is 5. The zero-order valence-corrected chi connectivity index (χ0v) is 8.82. The van der Waals surface area contributed by atoms with Gasteiger partial charge in [0.25, 0.3) is 0 Å². The summed E-state index contributed by atoms with van der Waals surface area (Å²) in [5, 5.41) is 0. The molecule has 0 aliphatic rings. The molecule has 125 valence electrons. The Morgan fingerprint density at radius 2 is 1.05 bits per heavy atom. The molecule has 0 saturated carbocycles.